The minimum Gasteiger partial charge on any atom is -0.493 e. The number of rotatable bonds is 8. The zero-order valence-electron chi connectivity index (χ0n) is 17.2. The van der Waals surface area contributed by atoms with E-state index in [1.807, 2.05) is 17.2 Å². The van der Waals surface area contributed by atoms with Crippen LogP contribution >= 0.6 is 11.8 Å². The van der Waals surface area contributed by atoms with Crippen molar-refractivity contribution in [1.82, 2.24) is 4.90 Å². The van der Waals surface area contributed by atoms with E-state index in [0.717, 1.165) is 38.8 Å². The Kier molecular flexibility index (Phi) is 6.92. The third-order valence-corrected chi connectivity index (χ3v) is 7.02. The van der Waals surface area contributed by atoms with Gasteiger partial charge in [-0.25, -0.2) is 4.39 Å². The molecule has 2 atom stereocenters. The molecule has 1 amide bonds. The van der Waals surface area contributed by atoms with Crippen molar-refractivity contribution in [2.75, 3.05) is 26.0 Å². The Hall–Kier alpha value is -1.27. The summed E-state index contributed by atoms with van der Waals surface area (Å²) in [5.74, 6) is 1.98. The van der Waals surface area contributed by atoms with Crippen molar-refractivity contribution in [3.63, 3.8) is 0 Å². The maximum absolute atomic E-state index is 13.8. The van der Waals surface area contributed by atoms with Crippen LogP contribution in [0.3, 0.4) is 0 Å². The molecule has 0 aromatic heterocycles. The minimum absolute atomic E-state index is 0.107. The first-order valence-electron chi connectivity index (χ1n) is 10.4. The molecule has 28 heavy (non-hydrogen) atoms. The van der Waals surface area contributed by atoms with Gasteiger partial charge in [-0.05, 0) is 61.8 Å². The van der Waals surface area contributed by atoms with Crippen molar-refractivity contribution in [3.8, 4) is 5.75 Å². The smallest absolute Gasteiger partial charge is 0.222 e. The summed E-state index contributed by atoms with van der Waals surface area (Å²) in [5.41, 5.74) is 6.58. The molecule has 4 nitrogen and oxygen atoms in total. The van der Waals surface area contributed by atoms with Crippen LogP contribution in [-0.2, 0) is 4.79 Å². The molecule has 6 heteroatoms. The lowest BCUT2D eigenvalue weighted by Gasteiger charge is -2.36. The number of thioether (sulfide) groups is 1. The van der Waals surface area contributed by atoms with Crippen molar-refractivity contribution >= 4 is 17.7 Å². The highest BCUT2D eigenvalue weighted by atomic mass is 32.2. The van der Waals surface area contributed by atoms with E-state index < -0.39 is 0 Å². The van der Waals surface area contributed by atoms with E-state index in [9.17, 15) is 9.18 Å². The minimum atomic E-state index is -0.233. The third kappa shape index (κ3) is 5.01. The first-order valence-corrected chi connectivity index (χ1v) is 11.6. The molecule has 1 aromatic carbocycles. The second kappa shape index (κ2) is 9.04. The average Bonchev–Trinajstić information content (AvgIpc) is 3.33. The van der Waals surface area contributed by atoms with Crippen LogP contribution in [-0.4, -0.2) is 42.3 Å². The van der Waals surface area contributed by atoms with Crippen molar-refractivity contribution in [3.05, 3.63) is 24.0 Å². The van der Waals surface area contributed by atoms with E-state index in [4.69, 9.17) is 10.5 Å². The summed E-state index contributed by atoms with van der Waals surface area (Å²) in [5, 5.41) is 0. The summed E-state index contributed by atoms with van der Waals surface area (Å²) in [4.78, 5) is 14.9. The van der Waals surface area contributed by atoms with E-state index in [2.05, 4.69) is 13.8 Å². The van der Waals surface area contributed by atoms with Crippen LogP contribution in [0, 0.1) is 23.6 Å². The molecule has 2 fully saturated rings. The lowest BCUT2D eigenvalue weighted by Crippen LogP contribution is -2.45. The highest BCUT2D eigenvalue weighted by Gasteiger charge is 2.55. The number of carbonyl (C=O) groups excluding carboxylic acids is 1. The molecule has 1 aliphatic carbocycles. The lowest BCUT2D eigenvalue weighted by atomic mass is 9.85. The van der Waals surface area contributed by atoms with Crippen molar-refractivity contribution < 1.29 is 13.9 Å². The Morgan fingerprint density at radius 2 is 2.11 bits per heavy atom. The van der Waals surface area contributed by atoms with Gasteiger partial charge in [0.15, 0.2) is 0 Å². The molecule has 2 unspecified atom stereocenters. The molecule has 156 valence electrons. The molecule has 0 bridgehead atoms. The number of amides is 1. The highest BCUT2D eigenvalue weighted by Crippen LogP contribution is 2.51. The number of hydrogen-bond donors (Lipinski definition) is 1. The first-order chi connectivity index (χ1) is 13.3. The standard InChI is InChI=1S/C22H33FN2O2S/c1-15(2)12-21(26)25-9-6-16(7-10-25)22(24)14-17(22)8-11-27-18-4-5-20(28-3)19(23)13-18/h4-5,13,15-17H,6-12,14,24H2,1-3H3. The molecular weight excluding hydrogens is 375 g/mol. The molecule has 3 rings (SSSR count). The highest BCUT2D eigenvalue weighted by molar-refractivity contribution is 7.98. The number of hydrogen-bond acceptors (Lipinski definition) is 4. The largest absolute Gasteiger partial charge is 0.493 e. The predicted octanol–water partition coefficient (Wildman–Crippen LogP) is 4.32. The van der Waals surface area contributed by atoms with Crippen LogP contribution in [0.1, 0.15) is 46.0 Å². The summed E-state index contributed by atoms with van der Waals surface area (Å²) >= 11 is 1.39. The van der Waals surface area contributed by atoms with E-state index >= 15 is 0 Å². The molecule has 1 aromatic rings. The zero-order chi connectivity index (χ0) is 20.3. The molecular formula is C22H33FN2O2S. The average molecular weight is 409 g/mol. The number of piperidine rings is 1. The summed E-state index contributed by atoms with van der Waals surface area (Å²) in [6.45, 7) is 6.40. The fraction of sp³-hybridized carbons (Fsp3) is 0.682. The summed E-state index contributed by atoms with van der Waals surface area (Å²) < 4.78 is 19.6. The fourth-order valence-electron chi connectivity index (χ4n) is 4.44. The monoisotopic (exact) mass is 408 g/mol. The van der Waals surface area contributed by atoms with Crippen LogP contribution < -0.4 is 10.5 Å². The molecule has 1 aliphatic heterocycles. The molecule has 0 spiro atoms. The number of nitrogens with zero attached hydrogens (tertiary/aromatic N) is 1. The number of likely N-dealkylation sites (tertiary alicyclic amines) is 1. The van der Waals surface area contributed by atoms with Crippen molar-refractivity contribution in [2.45, 2.75) is 56.4 Å². The quantitative estimate of drug-likeness (QED) is 0.651. The Bertz CT molecular complexity index is 691. The molecule has 1 heterocycles. The molecule has 1 saturated heterocycles. The van der Waals surface area contributed by atoms with Crippen LogP contribution in [0.4, 0.5) is 4.39 Å². The summed E-state index contributed by atoms with van der Waals surface area (Å²) in [6, 6.07) is 5.04. The third-order valence-electron chi connectivity index (χ3n) is 6.25. The molecule has 2 aliphatic rings. The van der Waals surface area contributed by atoms with Gasteiger partial charge in [-0.2, -0.15) is 0 Å². The zero-order valence-corrected chi connectivity index (χ0v) is 18.1. The number of halogens is 1. The topological polar surface area (TPSA) is 55.6 Å². The molecule has 2 N–H and O–H groups in total. The van der Waals surface area contributed by atoms with E-state index in [0.29, 0.717) is 41.4 Å². The van der Waals surface area contributed by atoms with Gasteiger partial charge in [-0.1, -0.05) is 13.8 Å². The van der Waals surface area contributed by atoms with Crippen molar-refractivity contribution in [1.29, 1.82) is 0 Å². The number of benzene rings is 1. The number of carbonyl (C=O) groups is 1. The predicted molar refractivity (Wildman–Crippen MR) is 112 cm³/mol. The van der Waals surface area contributed by atoms with E-state index in [1.54, 1.807) is 6.07 Å². The maximum atomic E-state index is 13.8. The number of nitrogens with two attached hydrogens (primary N) is 1. The maximum Gasteiger partial charge on any atom is 0.222 e. The van der Waals surface area contributed by atoms with Crippen LogP contribution in [0.2, 0.25) is 0 Å². The van der Waals surface area contributed by atoms with Gasteiger partial charge >= 0.3 is 0 Å². The van der Waals surface area contributed by atoms with Gasteiger partial charge in [0.1, 0.15) is 11.6 Å². The van der Waals surface area contributed by atoms with Gasteiger partial charge in [0.05, 0.1) is 6.61 Å². The van der Waals surface area contributed by atoms with Crippen LogP contribution in [0.15, 0.2) is 23.1 Å². The van der Waals surface area contributed by atoms with Gasteiger partial charge < -0.3 is 15.4 Å². The van der Waals surface area contributed by atoms with Gasteiger partial charge in [-0.3, -0.25) is 4.79 Å². The molecule has 1 saturated carbocycles. The van der Waals surface area contributed by atoms with Gasteiger partial charge in [0, 0.05) is 36.0 Å². The Balaban J connectivity index is 1.41. The van der Waals surface area contributed by atoms with Crippen molar-refractivity contribution in [2.24, 2.45) is 23.5 Å². The second-order valence-electron chi connectivity index (χ2n) is 8.70. The lowest BCUT2D eigenvalue weighted by molar-refractivity contribution is -0.133. The van der Waals surface area contributed by atoms with Crippen LogP contribution in [0.5, 0.6) is 5.75 Å². The fourth-order valence-corrected chi connectivity index (χ4v) is 4.90. The normalized spacial score (nSPS) is 25.2. The van der Waals surface area contributed by atoms with E-state index in [1.165, 1.54) is 17.8 Å². The Morgan fingerprint density at radius 1 is 1.39 bits per heavy atom. The first kappa shape index (κ1) is 21.4. The second-order valence-corrected chi connectivity index (χ2v) is 9.55. The van der Waals surface area contributed by atoms with Gasteiger partial charge in [0.2, 0.25) is 5.91 Å². The van der Waals surface area contributed by atoms with E-state index in [-0.39, 0.29) is 17.3 Å². The Labute approximate surface area is 172 Å². The number of ether oxygens (including phenoxy) is 1. The SMILES string of the molecule is CSc1ccc(OCCC2CC2(N)C2CCN(C(=O)CC(C)C)CC2)cc1F. The summed E-state index contributed by atoms with van der Waals surface area (Å²) in [6.07, 6.45) is 6.42. The van der Waals surface area contributed by atoms with Gasteiger partial charge in [0.25, 0.3) is 0 Å². The molecule has 0 radical (unpaired) electrons. The Morgan fingerprint density at radius 3 is 2.71 bits per heavy atom. The van der Waals surface area contributed by atoms with Crippen LogP contribution in [0.25, 0.3) is 0 Å². The van der Waals surface area contributed by atoms with Gasteiger partial charge in [-0.15, -0.1) is 11.8 Å². The summed E-state index contributed by atoms with van der Waals surface area (Å²) in [7, 11) is 0.